The number of benzene rings is 2. The van der Waals surface area contributed by atoms with E-state index in [1.807, 2.05) is 48.6 Å². The van der Waals surface area contributed by atoms with E-state index in [9.17, 15) is 19.8 Å². The molecule has 0 saturated heterocycles. The minimum Gasteiger partial charge on any atom is -0.506 e. The summed E-state index contributed by atoms with van der Waals surface area (Å²) in [5.74, 6) is 0.00216. The second-order valence-electron chi connectivity index (χ2n) is 19.5. The summed E-state index contributed by atoms with van der Waals surface area (Å²) in [7, 11) is 4.25. The Morgan fingerprint density at radius 3 is 0.957 bits per heavy atom. The average molecular weight is 935 g/mol. The van der Waals surface area contributed by atoms with Crippen LogP contribution in [-0.2, 0) is 9.59 Å². The zero-order valence-electron chi connectivity index (χ0n) is 43.0. The Morgan fingerprint density at radius 2 is 0.681 bits per heavy atom. The molecule has 0 saturated carbocycles. The van der Waals surface area contributed by atoms with Crippen LogP contribution in [0, 0.1) is 0 Å². The Balaban J connectivity index is 0.857. The van der Waals surface area contributed by atoms with E-state index in [1.165, 1.54) is 56.3 Å². The number of Topliss-reactive ketones (excluding diaryl/α,β-unsaturated/α-hetero) is 2. The molecule has 0 unspecified atom stereocenters. The van der Waals surface area contributed by atoms with Crippen LogP contribution in [0.1, 0.15) is 148 Å². The van der Waals surface area contributed by atoms with Gasteiger partial charge in [0, 0.05) is 74.7 Å². The van der Waals surface area contributed by atoms with Gasteiger partial charge < -0.3 is 20.0 Å². The van der Waals surface area contributed by atoms with Crippen molar-refractivity contribution in [2.24, 2.45) is 0 Å². The molecule has 0 amide bonds. The summed E-state index contributed by atoms with van der Waals surface area (Å²) < 4.78 is 4.55. The standard InChI is InChI=1S/C61H80N4O4/c1-7-11-42-64(43-12-8-2)52-36-28-48(29-37-52)56-58(66)54(59(56)67)46-24-32-50(33-25-46)62(5)40-22-20-18-16-15-17-19-21-23-41-63(6)51-34-26-47(27-35-51)55-60(68)57(61(55)69)49-30-38-53(39-31-49)65(44-13-9-3)45-14-10-4/h24-39H,7-23,40-45H2,1-6H3/p+2. The molecule has 8 nitrogen and oxygen atoms in total. The summed E-state index contributed by atoms with van der Waals surface area (Å²) in [6.07, 6.45) is 36.3. The number of carbonyl (C=O) groups excluding carboxylic acids is 2. The molecule has 4 aliphatic rings. The minimum absolute atomic E-state index is 0.0932. The van der Waals surface area contributed by atoms with Gasteiger partial charge in [-0.2, -0.15) is 0 Å². The van der Waals surface area contributed by atoms with Crippen LogP contribution in [0.25, 0.3) is 11.1 Å². The highest BCUT2D eigenvalue weighted by atomic mass is 16.3. The number of hydrogen-bond acceptors (Lipinski definition) is 6. The van der Waals surface area contributed by atoms with Gasteiger partial charge in [-0.1, -0.05) is 110 Å². The molecule has 0 heterocycles. The summed E-state index contributed by atoms with van der Waals surface area (Å²) in [5, 5.41) is 22.1. The molecular weight excluding hydrogens is 853 g/mol. The van der Waals surface area contributed by atoms with Crippen LogP contribution >= 0.6 is 0 Å². The molecular formula is C61H82N4O4+2. The van der Waals surface area contributed by atoms with E-state index in [0.717, 1.165) is 137 Å². The lowest BCUT2D eigenvalue weighted by atomic mass is 9.80. The number of unbranched alkanes of at least 4 members (excludes halogenated alkanes) is 12. The lowest BCUT2D eigenvalue weighted by Gasteiger charge is -2.26. The normalized spacial score (nSPS) is 15.5. The second-order valence-corrected chi connectivity index (χ2v) is 19.5. The Kier molecular flexibility index (Phi) is 20.5. The number of ketones is 2. The maximum atomic E-state index is 13.3. The van der Waals surface area contributed by atoms with Crippen molar-refractivity contribution in [1.82, 2.24) is 0 Å². The first-order valence-corrected chi connectivity index (χ1v) is 26.7. The van der Waals surface area contributed by atoms with Crippen LogP contribution in [0.2, 0.25) is 0 Å². The van der Waals surface area contributed by atoms with Crippen LogP contribution in [-0.4, -0.2) is 95.7 Å². The summed E-state index contributed by atoms with van der Waals surface area (Å²) in [6.45, 7) is 15.0. The lowest BCUT2D eigenvalue weighted by Crippen LogP contribution is -2.26. The van der Waals surface area contributed by atoms with Crippen molar-refractivity contribution in [3.05, 3.63) is 142 Å². The number of aliphatic hydroxyl groups is 2. The highest BCUT2D eigenvalue weighted by molar-refractivity contribution is 6.40. The van der Waals surface area contributed by atoms with E-state index in [1.54, 1.807) is 0 Å². The molecule has 69 heavy (non-hydrogen) atoms. The van der Waals surface area contributed by atoms with Crippen molar-refractivity contribution in [3.8, 4) is 0 Å². The SMILES string of the molecule is CCCCN(CCCC)c1ccc(C2=C(O)C(=C3C=CC(=[N+](C)CCCCCCCCCCC[N+](C)=C4C=CC(=C5C(=O)C(c6ccc(N(CCCC)CCCC)cc6)=C5O)C=C4)C=C3)C2=O)cc1. The van der Waals surface area contributed by atoms with Crippen molar-refractivity contribution in [2.75, 3.05) is 63.2 Å². The zero-order chi connectivity index (χ0) is 49.1. The average Bonchev–Trinajstić information content (AvgIpc) is 3.36. The fourth-order valence-corrected chi connectivity index (χ4v) is 9.65. The van der Waals surface area contributed by atoms with Gasteiger partial charge in [0.15, 0.2) is 11.4 Å². The number of allylic oxidation sites excluding steroid dienone is 14. The third kappa shape index (κ3) is 13.7. The molecule has 368 valence electrons. The second kappa shape index (κ2) is 26.8. The lowest BCUT2D eigenvalue weighted by molar-refractivity contribution is -0.496. The maximum Gasteiger partial charge on any atom is 0.201 e. The fraction of sp³-hybridized carbons (Fsp3) is 0.475. The Labute approximate surface area is 414 Å². The molecule has 0 radical (unpaired) electrons. The Bertz CT molecular complexity index is 2210. The molecule has 2 N–H and O–H groups in total. The van der Waals surface area contributed by atoms with Gasteiger partial charge >= 0.3 is 0 Å². The Hall–Kier alpha value is -5.76. The zero-order valence-corrected chi connectivity index (χ0v) is 43.0. The smallest absolute Gasteiger partial charge is 0.201 e. The molecule has 0 atom stereocenters. The van der Waals surface area contributed by atoms with Crippen molar-refractivity contribution in [1.29, 1.82) is 0 Å². The van der Waals surface area contributed by atoms with Crippen LogP contribution < -0.4 is 9.80 Å². The monoisotopic (exact) mass is 935 g/mol. The van der Waals surface area contributed by atoms with E-state index in [0.29, 0.717) is 22.3 Å². The fourth-order valence-electron chi connectivity index (χ4n) is 9.65. The molecule has 0 aromatic heterocycles. The number of nitrogens with zero attached hydrogens (tertiary/aromatic N) is 4. The third-order valence-electron chi connectivity index (χ3n) is 14.2. The largest absolute Gasteiger partial charge is 0.506 e. The molecule has 0 aliphatic heterocycles. The quantitative estimate of drug-likeness (QED) is 0.0502. The molecule has 8 heteroatoms. The van der Waals surface area contributed by atoms with Crippen LogP contribution in [0.15, 0.2) is 131 Å². The third-order valence-corrected chi connectivity index (χ3v) is 14.2. The topological polar surface area (TPSA) is 87.1 Å². The first kappa shape index (κ1) is 52.6. The van der Waals surface area contributed by atoms with E-state index < -0.39 is 0 Å². The molecule has 6 rings (SSSR count). The molecule has 0 bridgehead atoms. The maximum absolute atomic E-state index is 13.3. The van der Waals surface area contributed by atoms with Crippen molar-refractivity contribution in [2.45, 2.75) is 137 Å². The van der Waals surface area contributed by atoms with Gasteiger partial charge in [0.05, 0.1) is 22.3 Å². The van der Waals surface area contributed by atoms with Gasteiger partial charge in [-0.3, -0.25) is 9.59 Å². The van der Waals surface area contributed by atoms with E-state index in [-0.39, 0.29) is 23.1 Å². The first-order chi connectivity index (χ1) is 33.6. The van der Waals surface area contributed by atoms with Gasteiger partial charge in [0.2, 0.25) is 11.6 Å². The van der Waals surface area contributed by atoms with Gasteiger partial charge in [-0.05, 0) is 109 Å². The van der Waals surface area contributed by atoms with E-state index in [4.69, 9.17) is 0 Å². The summed E-state index contributed by atoms with van der Waals surface area (Å²) >= 11 is 0. The number of aliphatic hydroxyl groups excluding tert-OH is 2. The van der Waals surface area contributed by atoms with Crippen LogP contribution in [0.3, 0.4) is 0 Å². The summed E-state index contributed by atoms with van der Waals surface area (Å²) in [4.78, 5) is 31.5. The molecule has 2 aromatic carbocycles. The molecule has 0 fully saturated rings. The summed E-state index contributed by atoms with van der Waals surface area (Å²) in [5.41, 5.74) is 9.29. The van der Waals surface area contributed by atoms with Crippen molar-refractivity contribution in [3.63, 3.8) is 0 Å². The number of carbonyl (C=O) groups is 2. The van der Waals surface area contributed by atoms with Gasteiger partial charge in [0.1, 0.15) is 38.7 Å². The van der Waals surface area contributed by atoms with Gasteiger partial charge in [-0.15, -0.1) is 0 Å². The van der Waals surface area contributed by atoms with Crippen LogP contribution in [0.4, 0.5) is 11.4 Å². The summed E-state index contributed by atoms with van der Waals surface area (Å²) in [6, 6.07) is 16.2. The van der Waals surface area contributed by atoms with Crippen molar-refractivity contribution >= 4 is 45.5 Å². The first-order valence-electron chi connectivity index (χ1n) is 26.7. The van der Waals surface area contributed by atoms with E-state index in [2.05, 4.69) is 109 Å². The highest BCUT2D eigenvalue weighted by Crippen LogP contribution is 2.41. The predicted octanol–water partition coefficient (Wildman–Crippen LogP) is 13.4. The molecule has 2 aromatic rings. The Morgan fingerprint density at radius 1 is 0.391 bits per heavy atom. The number of hydrogen-bond donors (Lipinski definition) is 2. The van der Waals surface area contributed by atoms with Gasteiger partial charge in [-0.25, -0.2) is 9.15 Å². The molecule has 0 spiro atoms. The highest BCUT2D eigenvalue weighted by Gasteiger charge is 2.38. The predicted molar refractivity (Wildman–Crippen MR) is 290 cm³/mol. The van der Waals surface area contributed by atoms with E-state index >= 15 is 0 Å². The van der Waals surface area contributed by atoms with Gasteiger partial charge in [0.25, 0.3) is 0 Å². The number of rotatable bonds is 28. The minimum atomic E-state index is -0.0932. The number of anilines is 2. The van der Waals surface area contributed by atoms with Crippen LogP contribution in [0.5, 0.6) is 0 Å². The molecule has 4 aliphatic carbocycles. The van der Waals surface area contributed by atoms with Crippen molar-refractivity contribution < 1.29 is 29.0 Å².